The quantitative estimate of drug-likeness (QED) is 0.0582. The summed E-state index contributed by atoms with van der Waals surface area (Å²) < 4.78 is 26.9. The molecule has 0 saturated carbocycles. The van der Waals surface area contributed by atoms with Gasteiger partial charge >= 0.3 is 0 Å². The van der Waals surface area contributed by atoms with Crippen LogP contribution in [0.15, 0.2) is 84.9 Å². The van der Waals surface area contributed by atoms with Gasteiger partial charge in [0.15, 0.2) is 23.0 Å². The van der Waals surface area contributed by atoms with Crippen molar-refractivity contribution in [1.29, 1.82) is 0 Å². The van der Waals surface area contributed by atoms with Gasteiger partial charge in [0.05, 0.1) is 27.4 Å². The fourth-order valence-corrected chi connectivity index (χ4v) is 5.77. The molecule has 0 radical (unpaired) electrons. The van der Waals surface area contributed by atoms with Crippen molar-refractivity contribution in [3.63, 3.8) is 0 Å². The van der Waals surface area contributed by atoms with Crippen molar-refractivity contribution in [2.45, 2.75) is 6.42 Å². The van der Waals surface area contributed by atoms with Gasteiger partial charge in [0, 0.05) is 46.7 Å². The van der Waals surface area contributed by atoms with Crippen LogP contribution < -0.4 is 18.9 Å². The first-order chi connectivity index (χ1) is 23.2. The second kappa shape index (κ2) is 22.3. The Morgan fingerprint density at radius 2 is 1.00 bits per heavy atom. The molecular weight excluding hydrogens is 786 g/mol. The molecule has 0 heterocycles. The number of hydrogen-bond donors (Lipinski definition) is 1. The van der Waals surface area contributed by atoms with Crippen LogP contribution in [-0.4, -0.2) is 52.9 Å². The molecule has 4 aromatic carbocycles. The number of methoxy groups -OCH3 is 3. The third-order valence-electron chi connectivity index (χ3n) is 6.61. The summed E-state index contributed by atoms with van der Waals surface area (Å²) in [5, 5.41) is 9.98. The second-order valence-corrected chi connectivity index (χ2v) is 12.2. The Labute approximate surface area is 330 Å². The van der Waals surface area contributed by atoms with Crippen molar-refractivity contribution in [2.24, 2.45) is 0 Å². The molecular formula is C36H34Cl2NiO6S4-4. The zero-order valence-electron chi connectivity index (χ0n) is 26.8. The number of benzene rings is 4. The third kappa shape index (κ3) is 12.3. The smallest absolute Gasteiger partial charge is 0.161 e. The van der Waals surface area contributed by atoms with Gasteiger partial charge in [0.2, 0.25) is 0 Å². The van der Waals surface area contributed by atoms with Crippen LogP contribution in [0, 0.1) is 0 Å². The first-order valence-electron chi connectivity index (χ1n) is 14.5. The minimum Gasteiger partial charge on any atom is -0.780 e. The normalized spacial score (nSPS) is 11.6. The van der Waals surface area contributed by atoms with E-state index >= 15 is 0 Å². The molecule has 13 heteroatoms. The van der Waals surface area contributed by atoms with Gasteiger partial charge in [0.1, 0.15) is 6.61 Å². The monoisotopic (exact) mass is 818 g/mol. The molecule has 6 nitrogen and oxygen atoms in total. The van der Waals surface area contributed by atoms with Crippen molar-refractivity contribution in [3.05, 3.63) is 117 Å². The van der Waals surface area contributed by atoms with Gasteiger partial charge in [-0.05, 0) is 58.7 Å². The van der Waals surface area contributed by atoms with E-state index < -0.39 is 0 Å². The minimum absolute atomic E-state index is 0. The molecule has 0 atom stereocenters. The maximum absolute atomic E-state index is 8.83. The van der Waals surface area contributed by atoms with E-state index in [0.717, 1.165) is 22.3 Å². The second-order valence-electron chi connectivity index (χ2n) is 9.77. The minimum atomic E-state index is 0. The third-order valence-corrected chi connectivity index (χ3v) is 9.25. The molecule has 0 saturated heterocycles. The van der Waals surface area contributed by atoms with Crippen molar-refractivity contribution in [3.8, 4) is 23.0 Å². The van der Waals surface area contributed by atoms with Crippen molar-refractivity contribution >= 4 is 93.3 Å². The summed E-state index contributed by atoms with van der Waals surface area (Å²) in [6.07, 6.45) is 0.555. The van der Waals surface area contributed by atoms with Gasteiger partial charge in [-0.25, -0.2) is 0 Å². The van der Waals surface area contributed by atoms with Crippen molar-refractivity contribution in [2.75, 3.05) is 47.8 Å². The number of rotatable bonds is 14. The molecule has 1 N–H and O–H groups in total. The molecule has 4 aromatic rings. The molecule has 0 amide bonds. The summed E-state index contributed by atoms with van der Waals surface area (Å²) in [5.74, 6) is 2.38. The van der Waals surface area contributed by atoms with Crippen LogP contribution in [0.25, 0.3) is 19.6 Å². The molecule has 0 aliphatic heterocycles. The fourth-order valence-electron chi connectivity index (χ4n) is 4.14. The van der Waals surface area contributed by atoms with E-state index in [1.165, 1.54) is 0 Å². The SMILES string of the molecule is COCCOc1ccc(/C([S-])=C(/[S-])c2ccccc2Cl)cc1OC.COc1cc(/C([S-])=C(/[S-])c2ccccc2Cl)ccc1OCCCO.[Ni]. The summed E-state index contributed by atoms with van der Waals surface area (Å²) in [6.45, 7) is 1.43. The zero-order chi connectivity index (χ0) is 35.1. The Morgan fingerprint density at radius 1 is 0.571 bits per heavy atom. The van der Waals surface area contributed by atoms with Gasteiger partial charge in [-0.1, -0.05) is 71.7 Å². The van der Waals surface area contributed by atoms with E-state index in [4.69, 9.17) is 103 Å². The summed E-state index contributed by atoms with van der Waals surface area (Å²) in [4.78, 5) is 2.12. The van der Waals surface area contributed by atoms with Gasteiger partial charge in [0.25, 0.3) is 0 Å². The van der Waals surface area contributed by atoms with Crippen LogP contribution in [-0.2, 0) is 71.7 Å². The first-order valence-corrected chi connectivity index (χ1v) is 16.9. The summed E-state index contributed by atoms with van der Waals surface area (Å²) in [6, 6.07) is 25.6. The van der Waals surface area contributed by atoms with Crippen LogP contribution in [0.4, 0.5) is 0 Å². The summed E-state index contributed by atoms with van der Waals surface area (Å²) in [5.41, 5.74) is 3.03. The van der Waals surface area contributed by atoms with Crippen LogP contribution >= 0.6 is 23.2 Å². The zero-order valence-corrected chi connectivity index (χ0v) is 32.6. The van der Waals surface area contributed by atoms with Gasteiger partial charge in [-0.15, -0.1) is 0 Å². The predicted molar refractivity (Wildman–Crippen MR) is 207 cm³/mol. The van der Waals surface area contributed by atoms with E-state index in [9.17, 15) is 0 Å². The van der Waals surface area contributed by atoms with E-state index in [1.54, 1.807) is 45.6 Å². The van der Waals surface area contributed by atoms with Crippen LogP contribution in [0.1, 0.15) is 28.7 Å². The van der Waals surface area contributed by atoms with E-state index in [-0.39, 0.29) is 23.1 Å². The van der Waals surface area contributed by atoms with Crippen LogP contribution in [0.3, 0.4) is 0 Å². The molecule has 0 unspecified atom stereocenters. The van der Waals surface area contributed by atoms with E-state index in [2.05, 4.69) is 0 Å². The Morgan fingerprint density at radius 3 is 1.39 bits per heavy atom. The predicted octanol–water partition coefficient (Wildman–Crippen LogP) is 8.32. The largest absolute Gasteiger partial charge is 0.780 e. The fraction of sp³-hybridized carbons (Fsp3) is 0.222. The van der Waals surface area contributed by atoms with Gasteiger partial charge < -0.3 is 79.3 Å². The number of hydrogen-bond acceptors (Lipinski definition) is 10. The topological polar surface area (TPSA) is 66.4 Å². The number of aliphatic hydroxyl groups is 1. The molecule has 266 valence electrons. The first kappa shape index (κ1) is 42.6. The summed E-state index contributed by atoms with van der Waals surface area (Å²) in [7, 11) is 4.77. The van der Waals surface area contributed by atoms with Crippen molar-refractivity contribution < 1.29 is 45.3 Å². The Bertz CT molecular complexity index is 1600. The summed E-state index contributed by atoms with van der Waals surface area (Å²) >= 11 is 34.4. The molecule has 0 bridgehead atoms. The average Bonchev–Trinajstić information content (AvgIpc) is 3.11. The van der Waals surface area contributed by atoms with Gasteiger partial charge in [-0.3, -0.25) is 0 Å². The Kier molecular flexibility index (Phi) is 19.4. The maximum Gasteiger partial charge on any atom is 0.161 e. The average molecular weight is 821 g/mol. The maximum atomic E-state index is 8.83. The van der Waals surface area contributed by atoms with Gasteiger partial charge in [-0.2, -0.15) is 19.6 Å². The number of ether oxygens (including phenoxy) is 5. The van der Waals surface area contributed by atoms with E-state index in [0.29, 0.717) is 78.9 Å². The van der Waals surface area contributed by atoms with Crippen LogP contribution in [0.2, 0.25) is 10.0 Å². The molecule has 49 heavy (non-hydrogen) atoms. The molecule has 0 aliphatic rings. The number of aliphatic hydroxyl groups excluding tert-OH is 1. The Balaban J connectivity index is 0.000000333. The molecule has 0 aromatic heterocycles. The Hall–Kier alpha value is -2.57. The van der Waals surface area contributed by atoms with Crippen LogP contribution in [0.5, 0.6) is 23.0 Å². The molecule has 0 fully saturated rings. The molecule has 0 spiro atoms. The number of halogens is 2. The van der Waals surface area contributed by atoms with E-state index in [1.807, 2.05) is 60.7 Å². The molecule has 0 aliphatic carbocycles. The van der Waals surface area contributed by atoms with Crippen molar-refractivity contribution in [1.82, 2.24) is 0 Å². The standard InChI is InChI=1S/2C18H19ClO3S2.Ni/c1-20-9-10-22-15-8-7-12(11-16(15)21-2)17(23)18(24)13-5-3-4-6-14(13)19;1-21-16-11-12(7-8-15(16)22-10-4-9-20)17(23)18(24)13-5-2-3-6-14(13)19;/h3-8,11,23-24H,9-10H2,1-2H3;2-3,5-8,11,20,23-24H,4,9-10H2,1H3;/p-4/b2*18-17-;. The molecule has 4 rings (SSSR count).